The molecule has 17 heteroatoms. The molecule has 172 valence electrons. The lowest BCUT2D eigenvalue weighted by Gasteiger charge is -2.25. The molecule has 4 heterocycles. The van der Waals surface area contributed by atoms with Crippen molar-refractivity contribution < 1.29 is 42.5 Å². The van der Waals surface area contributed by atoms with Crippen molar-refractivity contribution in [2.45, 2.75) is 49.0 Å². The fraction of sp³-hybridized carbons (Fsp3) is 0.643. The standard InChI is InChI=1S/C14H20ClN5O9P2/c1-14(2)28-8-6(3-26-31(24,25)13(15)30(21,22)23)27-12(9(8)29-14)20-5-19-7-10(16)17-4-18-11(7)20/h4-6,8-9,12-13H,3H2,1-2H3,(H,24,25)(H2,16,17,18)(H2,21,22,23). The Hall–Kier alpha value is -1.18. The highest BCUT2D eigenvalue weighted by Crippen LogP contribution is 2.65. The molecular formula is C14H20ClN5O9P2. The van der Waals surface area contributed by atoms with Crippen LogP contribution in [0.15, 0.2) is 12.7 Å². The zero-order chi connectivity index (χ0) is 22.8. The van der Waals surface area contributed by atoms with Gasteiger partial charge >= 0.3 is 15.2 Å². The van der Waals surface area contributed by atoms with Gasteiger partial charge in [-0.15, -0.1) is 0 Å². The van der Waals surface area contributed by atoms with Gasteiger partial charge in [-0.1, -0.05) is 11.6 Å². The van der Waals surface area contributed by atoms with Crippen LogP contribution in [0.3, 0.4) is 0 Å². The van der Waals surface area contributed by atoms with E-state index in [1.54, 1.807) is 18.4 Å². The Morgan fingerprint density at radius 1 is 1.26 bits per heavy atom. The minimum atomic E-state index is -5.07. The zero-order valence-corrected chi connectivity index (χ0v) is 18.7. The Kier molecular flexibility index (Phi) is 5.71. The summed E-state index contributed by atoms with van der Waals surface area (Å²) in [5, 5.41) is 0. The van der Waals surface area contributed by atoms with Crippen LogP contribution < -0.4 is 5.73 Å². The first-order valence-electron chi connectivity index (χ1n) is 8.90. The molecule has 0 aromatic carbocycles. The number of alkyl halides is 1. The van der Waals surface area contributed by atoms with Gasteiger partial charge in [-0.05, 0) is 13.8 Å². The van der Waals surface area contributed by atoms with Crippen LogP contribution in [0.5, 0.6) is 0 Å². The van der Waals surface area contributed by atoms with Crippen LogP contribution in [0.1, 0.15) is 20.1 Å². The largest absolute Gasteiger partial charge is 0.382 e. The van der Waals surface area contributed by atoms with Gasteiger partial charge in [0.1, 0.15) is 30.2 Å². The van der Waals surface area contributed by atoms with Gasteiger partial charge in [-0.3, -0.25) is 13.7 Å². The molecule has 6 unspecified atom stereocenters. The van der Waals surface area contributed by atoms with Crippen molar-refractivity contribution in [1.82, 2.24) is 19.5 Å². The summed E-state index contributed by atoms with van der Waals surface area (Å²) in [4.78, 5) is 37.9. The molecule has 5 N–H and O–H groups in total. The summed E-state index contributed by atoms with van der Waals surface area (Å²) < 4.78 is 47.7. The van der Waals surface area contributed by atoms with Crippen molar-refractivity contribution in [3.8, 4) is 0 Å². The van der Waals surface area contributed by atoms with E-state index in [9.17, 15) is 14.0 Å². The highest BCUT2D eigenvalue weighted by molar-refractivity contribution is 7.74. The summed E-state index contributed by atoms with van der Waals surface area (Å²) in [5.74, 6) is -0.821. The summed E-state index contributed by atoms with van der Waals surface area (Å²) in [6.07, 6.45) is -0.455. The SMILES string of the molecule is CC1(C)OC2C(COP(=O)(O)C(Cl)P(=O)(O)O)OC(n3cnc4c(N)ncnc43)C2O1. The molecule has 0 aliphatic carbocycles. The summed E-state index contributed by atoms with van der Waals surface area (Å²) >= 11 is 5.44. The quantitative estimate of drug-likeness (QED) is 0.320. The van der Waals surface area contributed by atoms with E-state index in [0.717, 1.165) is 0 Å². The van der Waals surface area contributed by atoms with E-state index >= 15 is 0 Å². The van der Waals surface area contributed by atoms with Crippen LogP contribution >= 0.6 is 26.8 Å². The molecule has 14 nitrogen and oxygen atoms in total. The third kappa shape index (κ3) is 4.25. The van der Waals surface area contributed by atoms with Crippen molar-refractivity contribution in [2.24, 2.45) is 0 Å². The number of ether oxygens (including phenoxy) is 3. The molecule has 0 amide bonds. The number of anilines is 1. The second-order valence-corrected chi connectivity index (χ2v) is 12.5. The average molecular weight is 500 g/mol. The van der Waals surface area contributed by atoms with Gasteiger partial charge < -0.3 is 39.1 Å². The maximum absolute atomic E-state index is 12.2. The Labute approximate surface area is 180 Å². The lowest BCUT2D eigenvalue weighted by Crippen LogP contribution is -2.33. The van der Waals surface area contributed by atoms with Crippen molar-refractivity contribution in [2.75, 3.05) is 12.3 Å². The number of halogens is 1. The summed E-state index contributed by atoms with van der Waals surface area (Å²) in [6, 6.07) is 0. The van der Waals surface area contributed by atoms with Crippen LogP contribution in [-0.4, -0.2) is 69.8 Å². The van der Waals surface area contributed by atoms with E-state index in [0.29, 0.717) is 11.2 Å². The highest BCUT2D eigenvalue weighted by atomic mass is 35.5. The topological polar surface area (TPSA) is 201 Å². The fourth-order valence-corrected chi connectivity index (χ4v) is 5.88. The van der Waals surface area contributed by atoms with Crippen molar-refractivity contribution >= 4 is 43.8 Å². The summed E-state index contributed by atoms with van der Waals surface area (Å²) in [7, 11) is -9.96. The second-order valence-electron chi connectivity index (χ2n) is 7.47. The van der Waals surface area contributed by atoms with Crippen LogP contribution in [0.25, 0.3) is 11.2 Å². The molecule has 0 spiro atoms. The van der Waals surface area contributed by atoms with Gasteiger partial charge in [-0.25, -0.2) is 15.0 Å². The minimum Gasteiger partial charge on any atom is -0.382 e. The molecule has 2 saturated heterocycles. The highest BCUT2D eigenvalue weighted by Gasteiger charge is 2.57. The van der Waals surface area contributed by atoms with Crippen LogP contribution in [0, 0.1) is 0 Å². The van der Waals surface area contributed by atoms with E-state index in [1.807, 2.05) is 0 Å². The Morgan fingerprint density at radius 3 is 2.61 bits per heavy atom. The average Bonchev–Trinajstić information content (AvgIpc) is 3.30. The lowest BCUT2D eigenvalue weighted by atomic mass is 10.1. The molecule has 2 aromatic heterocycles. The third-order valence-electron chi connectivity index (χ3n) is 4.76. The maximum Gasteiger partial charge on any atom is 0.358 e. The number of rotatable bonds is 6. The molecule has 2 aliphatic rings. The van der Waals surface area contributed by atoms with Gasteiger partial charge in [0.15, 0.2) is 23.5 Å². The second kappa shape index (κ2) is 7.70. The first-order valence-corrected chi connectivity index (χ1v) is 12.7. The molecule has 2 aliphatic heterocycles. The lowest BCUT2D eigenvalue weighted by molar-refractivity contribution is -0.199. The molecule has 6 atom stereocenters. The zero-order valence-electron chi connectivity index (χ0n) is 16.2. The smallest absolute Gasteiger partial charge is 0.358 e. The van der Waals surface area contributed by atoms with Crippen LogP contribution in [0.2, 0.25) is 0 Å². The predicted molar refractivity (Wildman–Crippen MR) is 105 cm³/mol. The van der Waals surface area contributed by atoms with Gasteiger partial charge in [0.2, 0.25) is 4.86 Å². The summed E-state index contributed by atoms with van der Waals surface area (Å²) in [5.41, 5.74) is 6.56. The first-order chi connectivity index (χ1) is 14.3. The number of imidazole rings is 1. The number of nitrogens with zero attached hydrogens (tertiary/aromatic N) is 4. The van der Waals surface area contributed by atoms with E-state index in [4.69, 9.17) is 45.9 Å². The first kappa shape index (κ1) is 23.0. The van der Waals surface area contributed by atoms with Gasteiger partial charge in [0.05, 0.1) is 12.9 Å². The van der Waals surface area contributed by atoms with E-state index in [-0.39, 0.29) is 5.82 Å². The minimum absolute atomic E-state index is 0.175. The molecular weight excluding hydrogens is 480 g/mol. The number of nitrogen functional groups attached to an aromatic ring is 1. The normalized spacial score (nSPS) is 30.9. The maximum atomic E-state index is 12.2. The molecule has 31 heavy (non-hydrogen) atoms. The number of aromatic nitrogens is 4. The molecule has 0 saturated carbocycles. The fourth-order valence-electron chi connectivity index (χ4n) is 3.51. The molecule has 0 bridgehead atoms. The molecule has 2 fully saturated rings. The number of nitrogens with two attached hydrogens (primary N) is 1. The number of hydrogen-bond donors (Lipinski definition) is 4. The monoisotopic (exact) mass is 499 g/mol. The van der Waals surface area contributed by atoms with Gasteiger partial charge in [0, 0.05) is 0 Å². The van der Waals surface area contributed by atoms with Gasteiger partial charge in [-0.2, -0.15) is 0 Å². The Balaban J connectivity index is 1.60. The van der Waals surface area contributed by atoms with Crippen LogP contribution in [0.4, 0.5) is 5.82 Å². The molecule has 0 radical (unpaired) electrons. The number of fused-ring (bicyclic) bond motifs is 2. The Morgan fingerprint density at radius 2 is 1.94 bits per heavy atom. The number of hydrogen-bond acceptors (Lipinski definition) is 10. The Bertz CT molecular complexity index is 1090. The molecule has 4 rings (SSSR count). The van der Waals surface area contributed by atoms with E-state index < -0.39 is 57.0 Å². The van der Waals surface area contributed by atoms with Crippen LogP contribution in [-0.2, 0) is 27.9 Å². The predicted octanol–water partition coefficient (Wildman–Crippen LogP) is 0.728. The van der Waals surface area contributed by atoms with Crippen molar-refractivity contribution in [3.05, 3.63) is 12.7 Å². The van der Waals surface area contributed by atoms with Crippen molar-refractivity contribution in [1.29, 1.82) is 0 Å². The molecule has 2 aromatic rings. The van der Waals surface area contributed by atoms with Gasteiger partial charge in [0.25, 0.3) is 0 Å². The van der Waals surface area contributed by atoms with Crippen molar-refractivity contribution in [3.63, 3.8) is 0 Å². The summed E-state index contributed by atoms with van der Waals surface area (Å²) in [6.45, 7) is 2.83. The van der Waals surface area contributed by atoms with E-state index in [1.165, 1.54) is 12.7 Å². The third-order valence-corrected chi connectivity index (χ3v) is 9.65. The van der Waals surface area contributed by atoms with E-state index in [2.05, 4.69) is 15.0 Å².